The third kappa shape index (κ3) is 2.03. The minimum absolute atomic E-state index is 0.373. The summed E-state index contributed by atoms with van der Waals surface area (Å²) >= 11 is 6.03. The average Bonchev–Trinajstić information content (AvgIpc) is 2.94. The normalized spacial score (nSPS) is 11.3. The van der Waals surface area contributed by atoms with Crippen LogP contribution in [0, 0.1) is 6.92 Å². The van der Waals surface area contributed by atoms with Crippen molar-refractivity contribution in [1.82, 2.24) is 9.78 Å². The summed E-state index contributed by atoms with van der Waals surface area (Å²) < 4.78 is 7.63. The van der Waals surface area contributed by atoms with Crippen molar-refractivity contribution in [1.29, 1.82) is 0 Å². The van der Waals surface area contributed by atoms with Gasteiger partial charge in [0.1, 0.15) is 11.3 Å². The molecule has 2 aromatic heterocycles. The minimum Gasteiger partial charge on any atom is -0.459 e. The van der Waals surface area contributed by atoms with Gasteiger partial charge < -0.3 is 10.2 Å². The average molecular weight is 276 g/mol. The van der Waals surface area contributed by atoms with E-state index in [2.05, 4.69) is 5.10 Å². The molecular formula is C14H14ClN3O. The zero-order valence-corrected chi connectivity index (χ0v) is 11.3. The number of halogens is 1. The van der Waals surface area contributed by atoms with Gasteiger partial charge in [0.05, 0.1) is 30.0 Å². The summed E-state index contributed by atoms with van der Waals surface area (Å²) in [6, 6.07) is 7.92. The van der Waals surface area contributed by atoms with Gasteiger partial charge in [0.25, 0.3) is 0 Å². The summed E-state index contributed by atoms with van der Waals surface area (Å²) in [4.78, 5) is 0. The predicted octanol–water partition coefficient (Wildman–Crippen LogP) is 3.10. The SMILES string of the molecule is Cc1c(Cl)cnn1Cc1c(CN)oc2ccccc12. The standard InChI is InChI=1S/C14H14ClN3O/c1-9-12(15)7-17-18(9)8-11-10-4-2-3-5-13(10)19-14(11)6-16/h2-5,7H,6,8,16H2,1H3. The fraction of sp³-hybridized carbons (Fsp3) is 0.214. The van der Waals surface area contributed by atoms with Crippen LogP contribution in [-0.2, 0) is 13.1 Å². The Labute approximate surface area is 115 Å². The quantitative estimate of drug-likeness (QED) is 0.799. The lowest BCUT2D eigenvalue weighted by atomic mass is 10.1. The van der Waals surface area contributed by atoms with Crippen molar-refractivity contribution >= 4 is 22.6 Å². The minimum atomic E-state index is 0.373. The van der Waals surface area contributed by atoms with Crippen molar-refractivity contribution in [2.24, 2.45) is 5.73 Å². The van der Waals surface area contributed by atoms with Gasteiger partial charge in [-0.05, 0) is 13.0 Å². The van der Waals surface area contributed by atoms with Gasteiger partial charge in [-0.25, -0.2) is 0 Å². The number of rotatable bonds is 3. The molecule has 0 aliphatic heterocycles. The van der Waals surface area contributed by atoms with E-state index >= 15 is 0 Å². The van der Waals surface area contributed by atoms with Crippen LogP contribution in [-0.4, -0.2) is 9.78 Å². The molecule has 2 heterocycles. The lowest BCUT2D eigenvalue weighted by Gasteiger charge is -2.05. The van der Waals surface area contributed by atoms with Gasteiger partial charge in [0.2, 0.25) is 0 Å². The second kappa shape index (κ2) is 4.72. The summed E-state index contributed by atoms with van der Waals surface area (Å²) in [6.45, 7) is 2.93. The highest BCUT2D eigenvalue weighted by Crippen LogP contribution is 2.27. The van der Waals surface area contributed by atoms with E-state index in [0.717, 1.165) is 28.0 Å². The summed E-state index contributed by atoms with van der Waals surface area (Å²) in [5, 5.41) is 6.02. The molecule has 98 valence electrons. The number of hydrogen-bond donors (Lipinski definition) is 1. The zero-order chi connectivity index (χ0) is 13.4. The Hall–Kier alpha value is -1.78. The fourth-order valence-corrected chi connectivity index (χ4v) is 2.36. The Balaban J connectivity index is 2.11. The van der Waals surface area contributed by atoms with Gasteiger partial charge in [-0.3, -0.25) is 4.68 Å². The van der Waals surface area contributed by atoms with Crippen molar-refractivity contribution in [3.05, 3.63) is 52.5 Å². The first-order chi connectivity index (χ1) is 9.20. The predicted molar refractivity (Wildman–Crippen MR) is 75.2 cm³/mol. The molecular weight excluding hydrogens is 262 g/mol. The van der Waals surface area contributed by atoms with Crippen molar-refractivity contribution < 1.29 is 4.42 Å². The van der Waals surface area contributed by atoms with E-state index in [-0.39, 0.29) is 0 Å². The second-order valence-corrected chi connectivity index (χ2v) is 4.85. The highest BCUT2D eigenvalue weighted by Gasteiger charge is 2.14. The molecule has 1 aromatic carbocycles. The van der Waals surface area contributed by atoms with Gasteiger partial charge in [-0.15, -0.1) is 0 Å². The molecule has 0 saturated heterocycles. The molecule has 3 rings (SSSR count). The number of aromatic nitrogens is 2. The van der Waals surface area contributed by atoms with Crippen LogP contribution in [0.25, 0.3) is 11.0 Å². The Bertz CT molecular complexity index is 729. The summed E-state index contributed by atoms with van der Waals surface area (Å²) in [5.74, 6) is 0.798. The van der Waals surface area contributed by atoms with Crippen LogP contribution in [0.15, 0.2) is 34.9 Å². The monoisotopic (exact) mass is 275 g/mol. The molecule has 5 heteroatoms. The third-order valence-corrected chi connectivity index (χ3v) is 3.69. The number of para-hydroxylation sites is 1. The molecule has 4 nitrogen and oxygen atoms in total. The fourth-order valence-electron chi connectivity index (χ4n) is 2.22. The molecule has 0 spiro atoms. The largest absolute Gasteiger partial charge is 0.459 e. The van der Waals surface area contributed by atoms with Gasteiger partial charge >= 0.3 is 0 Å². The molecule has 0 unspecified atom stereocenters. The maximum Gasteiger partial charge on any atom is 0.134 e. The Morgan fingerprint density at radius 1 is 1.37 bits per heavy atom. The van der Waals surface area contributed by atoms with Crippen molar-refractivity contribution in [3.63, 3.8) is 0 Å². The molecule has 0 aliphatic carbocycles. The Morgan fingerprint density at radius 3 is 2.84 bits per heavy atom. The number of nitrogens with zero attached hydrogens (tertiary/aromatic N) is 2. The molecule has 0 radical (unpaired) electrons. The van der Waals surface area contributed by atoms with Gasteiger partial charge in [0, 0.05) is 10.9 Å². The zero-order valence-electron chi connectivity index (χ0n) is 10.6. The Morgan fingerprint density at radius 2 is 2.16 bits per heavy atom. The molecule has 0 atom stereocenters. The topological polar surface area (TPSA) is 57.0 Å². The highest BCUT2D eigenvalue weighted by molar-refractivity contribution is 6.31. The van der Waals surface area contributed by atoms with Crippen LogP contribution >= 0.6 is 11.6 Å². The van der Waals surface area contributed by atoms with E-state index in [9.17, 15) is 0 Å². The molecule has 0 bridgehead atoms. The van der Waals surface area contributed by atoms with E-state index in [1.165, 1.54) is 0 Å². The molecule has 2 N–H and O–H groups in total. The molecule has 0 fully saturated rings. The molecule has 0 aliphatic rings. The summed E-state index contributed by atoms with van der Waals surface area (Å²) in [7, 11) is 0. The maximum absolute atomic E-state index is 6.03. The second-order valence-electron chi connectivity index (χ2n) is 4.44. The molecule has 3 aromatic rings. The smallest absolute Gasteiger partial charge is 0.134 e. The van der Waals surface area contributed by atoms with Crippen LogP contribution in [0.3, 0.4) is 0 Å². The highest BCUT2D eigenvalue weighted by atomic mass is 35.5. The number of hydrogen-bond acceptors (Lipinski definition) is 3. The third-order valence-electron chi connectivity index (χ3n) is 3.32. The summed E-state index contributed by atoms with van der Waals surface area (Å²) in [6.07, 6.45) is 1.65. The van der Waals surface area contributed by atoms with E-state index in [1.807, 2.05) is 35.9 Å². The van der Waals surface area contributed by atoms with Crippen LogP contribution in [0.4, 0.5) is 0 Å². The van der Waals surface area contributed by atoms with Crippen molar-refractivity contribution in [3.8, 4) is 0 Å². The van der Waals surface area contributed by atoms with Crippen LogP contribution in [0.5, 0.6) is 0 Å². The lowest BCUT2D eigenvalue weighted by molar-refractivity contribution is 0.537. The Kier molecular flexibility index (Phi) is 3.05. The maximum atomic E-state index is 6.03. The first kappa shape index (κ1) is 12.3. The van der Waals surface area contributed by atoms with Crippen LogP contribution in [0.2, 0.25) is 5.02 Å². The molecule has 19 heavy (non-hydrogen) atoms. The van der Waals surface area contributed by atoms with Gasteiger partial charge in [0.15, 0.2) is 0 Å². The van der Waals surface area contributed by atoms with Crippen molar-refractivity contribution in [2.75, 3.05) is 0 Å². The van der Waals surface area contributed by atoms with E-state index in [1.54, 1.807) is 6.20 Å². The molecule has 0 saturated carbocycles. The first-order valence-electron chi connectivity index (χ1n) is 6.08. The van der Waals surface area contributed by atoms with Gasteiger partial charge in [-0.1, -0.05) is 29.8 Å². The van der Waals surface area contributed by atoms with E-state index in [0.29, 0.717) is 18.1 Å². The first-order valence-corrected chi connectivity index (χ1v) is 6.45. The number of nitrogens with two attached hydrogens (primary N) is 1. The van der Waals surface area contributed by atoms with E-state index in [4.69, 9.17) is 21.8 Å². The van der Waals surface area contributed by atoms with Crippen LogP contribution in [0.1, 0.15) is 17.0 Å². The van der Waals surface area contributed by atoms with Crippen LogP contribution < -0.4 is 5.73 Å². The number of benzene rings is 1. The molecule has 0 amide bonds. The summed E-state index contributed by atoms with van der Waals surface area (Å²) in [5.41, 5.74) is 8.63. The number of furan rings is 1. The van der Waals surface area contributed by atoms with E-state index < -0.39 is 0 Å². The van der Waals surface area contributed by atoms with Gasteiger partial charge in [-0.2, -0.15) is 5.10 Å². The number of fused-ring (bicyclic) bond motifs is 1. The van der Waals surface area contributed by atoms with Crippen molar-refractivity contribution in [2.45, 2.75) is 20.0 Å². The lowest BCUT2D eigenvalue weighted by Crippen LogP contribution is -2.07.